The van der Waals surface area contributed by atoms with Crippen molar-refractivity contribution >= 4 is 23.7 Å². The lowest BCUT2D eigenvalue weighted by atomic mass is 9.88. The number of aliphatic hydroxyl groups is 16. The summed E-state index contributed by atoms with van der Waals surface area (Å²) in [6, 6.07) is -4.60. The van der Waals surface area contributed by atoms with E-state index in [0.29, 0.717) is 12.8 Å². The normalized spacial score (nSPS) is 35.0. The van der Waals surface area contributed by atoms with Crippen molar-refractivity contribution in [2.75, 3.05) is 39.6 Å². The minimum absolute atomic E-state index is 0.173. The molecule has 5 saturated heterocycles. The zero-order valence-corrected chi connectivity index (χ0v) is 61.4. The minimum atomic E-state index is -3.19. The zero-order valence-electron chi connectivity index (χ0n) is 61.4. The smallest absolute Gasteiger partial charge is 0.364 e. The first-order chi connectivity index (χ1) is 50.3. The van der Waals surface area contributed by atoms with Crippen molar-refractivity contribution in [1.29, 1.82) is 0 Å². The van der Waals surface area contributed by atoms with Gasteiger partial charge in [0.2, 0.25) is 17.7 Å². The van der Waals surface area contributed by atoms with Crippen molar-refractivity contribution in [2.24, 2.45) is 0 Å². The van der Waals surface area contributed by atoms with Crippen LogP contribution in [0.15, 0.2) is 12.2 Å². The lowest BCUT2D eigenvalue weighted by Crippen LogP contribution is -2.71. The average molecular weight is 1520 g/mol. The second-order valence-electron chi connectivity index (χ2n) is 28.6. The number of ether oxygens (including phenoxy) is 10. The molecule has 28 atom stereocenters. The Morgan fingerprint density at radius 2 is 0.924 bits per heavy atom. The van der Waals surface area contributed by atoms with Gasteiger partial charge in [0.25, 0.3) is 5.79 Å². The summed E-state index contributed by atoms with van der Waals surface area (Å²) in [5.41, 5.74) is 0. The van der Waals surface area contributed by atoms with Gasteiger partial charge in [0.15, 0.2) is 25.2 Å². The summed E-state index contributed by atoms with van der Waals surface area (Å²) in [5, 5.41) is 196. The lowest BCUT2D eigenvalue weighted by molar-refractivity contribution is -0.390. The number of amides is 3. The van der Waals surface area contributed by atoms with Crippen LogP contribution in [0.5, 0.6) is 0 Å². The van der Waals surface area contributed by atoms with E-state index in [4.69, 9.17) is 47.4 Å². The van der Waals surface area contributed by atoms with Gasteiger partial charge in [-0.05, 0) is 19.3 Å². The van der Waals surface area contributed by atoms with Crippen LogP contribution in [-0.2, 0) is 66.5 Å². The summed E-state index contributed by atoms with van der Waals surface area (Å²) < 4.78 is 58.7. The Hall–Kier alpha value is -3.42. The maximum absolute atomic E-state index is 13.5. The van der Waals surface area contributed by atoms with Crippen LogP contribution < -0.4 is 16.0 Å². The summed E-state index contributed by atoms with van der Waals surface area (Å²) in [4.78, 5) is 51.6. The molecule has 5 fully saturated rings. The number of nitrogens with one attached hydrogen (secondary N) is 3. The van der Waals surface area contributed by atoms with Crippen molar-refractivity contribution in [3.05, 3.63) is 12.2 Å². The van der Waals surface area contributed by atoms with Crippen LogP contribution in [0, 0.1) is 0 Å². The van der Waals surface area contributed by atoms with Crippen LogP contribution in [-0.4, -0.2) is 321 Å². The van der Waals surface area contributed by atoms with Gasteiger partial charge >= 0.3 is 5.97 Å². The molecule has 34 heteroatoms. The van der Waals surface area contributed by atoms with Crippen LogP contribution in [0.25, 0.3) is 0 Å². The second kappa shape index (κ2) is 48.4. The van der Waals surface area contributed by atoms with Gasteiger partial charge in [-0.25, -0.2) is 4.79 Å². The van der Waals surface area contributed by atoms with Crippen LogP contribution >= 0.6 is 0 Å². The highest BCUT2D eigenvalue weighted by Gasteiger charge is 2.61. The molecular weight excluding hydrogens is 1390 g/mol. The summed E-state index contributed by atoms with van der Waals surface area (Å²) in [7, 11) is 0. The molecule has 0 radical (unpaired) electrons. The molecule has 5 aliphatic heterocycles. The van der Waals surface area contributed by atoms with Gasteiger partial charge in [-0.15, -0.1) is 0 Å². The van der Waals surface area contributed by atoms with Gasteiger partial charge in [0.05, 0.1) is 63.9 Å². The van der Waals surface area contributed by atoms with Crippen LogP contribution in [0.2, 0.25) is 0 Å². The number of carbonyl (C=O) groups is 4. The van der Waals surface area contributed by atoms with Crippen molar-refractivity contribution < 1.29 is 153 Å². The molecule has 0 aliphatic carbocycles. The Morgan fingerprint density at radius 1 is 0.495 bits per heavy atom. The van der Waals surface area contributed by atoms with Crippen molar-refractivity contribution in [3.8, 4) is 0 Å². The maximum atomic E-state index is 13.5. The molecule has 5 aliphatic rings. The predicted molar refractivity (Wildman–Crippen MR) is 369 cm³/mol. The van der Waals surface area contributed by atoms with E-state index in [2.05, 4.69) is 29.8 Å². The van der Waals surface area contributed by atoms with Crippen molar-refractivity contribution in [3.63, 3.8) is 0 Å². The van der Waals surface area contributed by atoms with Gasteiger partial charge in [0.1, 0.15) is 116 Å². The van der Waals surface area contributed by atoms with Gasteiger partial charge < -0.3 is 150 Å². The third-order valence-electron chi connectivity index (χ3n) is 20.1. The number of aliphatic carboxylic acids is 1. The predicted octanol–water partition coefficient (Wildman–Crippen LogP) is -1.82. The summed E-state index contributed by atoms with van der Waals surface area (Å²) in [6.45, 7) is 0.627. The number of unbranched alkanes of at least 4 members (excludes halogenated alkanes) is 23. The van der Waals surface area contributed by atoms with Gasteiger partial charge in [-0.2, -0.15) is 0 Å². The Labute approximate surface area is 614 Å². The molecule has 0 aromatic heterocycles. The van der Waals surface area contributed by atoms with E-state index in [1.807, 2.05) is 6.08 Å². The molecule has 612 valence electrons. The second-order valence-corrected chi connectivity index (χ2v) is 28.6. The van der Waals surface area contributed by atoms with Gasteiger partial charge in [0, 0.05) is 26.7 Å². The fraction of sp³-hybridized carbons (Fsp3) is 0.915. The summed E-state index contributed by atoms with van der Waals surface area (Å²) in [5.74, 6) is -7.32. The Morgan fingerprint density at radius 3 is 1.40 bits per heavy atom. The molecule has 5 rings (SSSR count). The van der Waals surface area contributed by atoms with Crippen molar-refractivity contribution in [2.45, 2.75) is 372 Å². The molecular formula is C71H127N3O31. The number of carboxylic acids is 1. The van der Waals surface area contributed by atoms with E-state index in [9.17, 15) is 106 Å². The monoisotopic (exact) mass is 1520 g/mol. The SMILES string of the molecule is CCCCCCCCCCCCC/C=C/[C@@H](O)[C@H](CO[C@@H]1OC(CO)[C@@H](O[C@@H]2OC(CO)[C@H](O)[C@H](O[C@@H]3OC(CO)[C@@H](O[C@@H]4OC(CO)[C@H](O)[C@H](O[C@]5(C(=O)O)CC(O)[C@@H](NC(C)=O)C([C@H](O)[C@H](O)CO)O5)C4O)[C@H](O)C3NC(C)=O)C2O)[C@H](O)C1O)NC(=O)CCCCCCCCCCCCCCC. The number of allylic oxidation sites excluding steroid dienone is 1. The number of aliphatic hydroxyl groups excluding tert-OH is 16. The Kier molecular flexibility index (Phi) is 42.5. The Bertz CT molecular complexity index is 2470. The van der Waals surface area contributed by atoms with E-state index in [1.54, 1.807) is 6.08 Å². The molecule has 0 saturated carbocycles. The standard InChI is InChI=1S/C71H127N3O31/c1-5-7-9-11-13-15-17-19-21-23-25-27-29-31-43(82)42(74-50(85)32-30-28-26-24-22-20-18-16-14-12-10-8-6-2)39-96-67-58(91)57(90)62(49(38-79)100-67)102-68-59(92)64(54(87)46(35-76)97-68)103-66-52(73-41(4)81)56(89)61(48(37-78)99-66)101-69-60(93)65(55(88)47(36-77)98-69)105-71(70(94)95)33-44(83)51(72-40(3)80)63(104-71)53(86)45(84)34-75/h29,31,42-49,51-69,75-79,82-84,86-93H,5-28,30,32-39H2,1-4H3,(H,72,80)(H,73,81)(H,74,85)(H,94,95)/b31-29+/t42-,43+,44?,45+,46?,47?,48?,49?,51+,52?,53+,54-,55-,56+,57+,58?,59?,60?,61+,62+,63?,64-,65-,66-,67+,68-,69-,71-/m0/s1. The highest BCUT2D eigenvalue weighted by molar-refractivity contribution is 5.77. The quantitative estimate of drug-likeness (QED) is 0.0235. The minimum Gasteiger partial charge on any atom is -0.477 e. The highest BCUT2D eigenvalue weighted by atomic mass is 16.8. The van der Waals surface area contributed by atoms with E-state index < -0.39 is 235 Å². The molecule has 0 spiro atoms. The maximum Gasteiger partial charge on any atom is 0.364 e. The Balaban J connectivity index is 1.26. The molecule has 34 nitrogen and oxygen atoms in total. The molecule has 20 N–H and O–H groups in total. The molecule has 10 unspecified atom stereocenters. The number of carbonyl (C=O) groups excluding carboxylic acids is 3. The van der Waals surface area contributed by atoms with E-state index >= 15 is 0 Å². The molecule has 0 aromatic carbocycles. The first-order valence-corrected chi connectivity index (χ1v) is 38.1. The molecule has 0 bridgehead atoms. The number of hydrogen-bond acceptors (Lipinski definition) is 30. The number of rotatable bonds is 50. The third kappa shape index (κ3) is 28.1. The summed E-state index contributed by atoms with van der Waals surface area (Å²) >= 11 is 0. The highest BCUT2D eigenvalue weighted by Crippen LogP contribution is 2.40. The van der Waals surface area contributed by atoms with Crippen LogP contribution in [0.3, 0.4) is 0 Å². The van der Waals surface area contributed by atoms with E-state index in [-0.39, 0.29) is 12.3 Å². The molecule has 5 heterocycles. The fourth-order valence-corrected chi connectivity index (χ4v) is 14.0. The lowest BCUT2D eigenvalue weighted by Gasteiger charge is -2.51. The summed E-state index contributed by atoms with van der Waals surface area (Å²) in [6.07, 6.45) is -17.3. The third-order valence-corrected chi connectivity index (χ3v) is 20.1. The molecule has 0 aromatic rings. The van der Waals surface area contributed by atoms with Crippen LogP contribution in [0.1, 0.15) is 201 Å². The largest absolute Gasteiger partial charge is 0.477 e. The average Bonchev–Trinajstić information content (AvgIpc) is 0.759. The number of hydrogen-bond donors (Lipinski definition) is 20. The molecule has 105 heavy (non-hydrogen) atoms. The van der Waals surface area contributed by atoms with E-state index in [0.717, 1.165) is 65.2 Å². The topological polar surface area (TPSA) is 541 Å². The first kappa shape index (κ1) is 92.2. The van der Waals surface area contributed by atoms with Crippen molar-refractivity contribution in [1.82, 2.24) is 16.0 Å². The van der Waals surface area contributed by atoms with Crippen LogP contribution in [0.4, 0.5) is 0 Å². The van der Waals surface area contributed by atoms with Gasteiger partial charge in [-0.3, -0.25) is 14.4 Å². The molecule has 3 amide bonds. The van der Waals surface area contributed by atoms with E-state index in [1.165, 1.54) is 96.3 Å². The first-order valence-electron chi connectivity index (χ1n) is 38.1. The number of carboxylic acid groups (broad SMARTS) is 1. The van der Waals surface area contributed by atoms with Gasteiger partial charge in [-0.1, -0.05) is 167 Å². The fourth-order valence-electron chi connectivity index (χ4n) is 14.0. The zero-order chi connectivity index (χ0) is 77.3.